The lowest BCUT2D eigenvalue weighted by atomic mass is 10.4. The summed E-state index contributed by atoms with van der Waals surface area (Å²) in [6.07, 6.45) is 0. The SMILES string of the molecule is CNCc1ccc(S(=O)(=O)NCc2nn[nH]n2)o1. The zero-order chi connectivity index (χ0) is 13.0. The quantitative estimate of drug-likeness (QED) is 0.615. The highest BCUT2D eigenvalue weighted by Crippen LogP contribution is 2.13. The van der Waals surface area contributed by atoms with Crippen molar-refractivity contribution in [3.05, 3.63) is 23.7 Å². The fraction of sp³-hybridized carbons (Fsp3) is 0.375. The minimum Gasteiger partial charge on any atom is -0.447 e. The van der Waals surface area contributed by atoms with Gasteiger partial charge in [-0.3, -0.25) is 0 Å². The number of furan rings is 1. The number of nitrogens with one attached hydrogen (secondary N) is 3. The van der Waals surface area contributed by atoms with Crippen molar-refractivity contribution in [3.8, 4) is 0 Å². The third-order valence-corrected chi connectivity index (χ3v) is 3.34. The van der Waals surface area contributed by atoms with Crippen molar-refractivity contribution in [1.82, 2.24) is 30.7 Å². The van der Waals surface area contributed by atoms with Crippen molar-refractivity contribution >= 4 is 10.0 Å². The summed E-state index contributed by atoms with van der Waals surface area (Å²) >= 11 is 0. The number of hydrogen-bond acceptors (Lipinski definition) is 7. The van der Waals surface area contributed by atoms with Crippen LogP contribution >= 0.6 is 0 Å². The Hall–Kier alpha value is -1.78. The maximum absolute atomic E-state index is 11.8. The van der Waals surface area contributed by atoms with Crippen LogP contribution in [-0.4, -0.2) is 36.1 Å². The van der Waals surface area contributed by atoms with Gasteiger partial charge in [0.25, 0.3) is 10.0 Å². The van der Waals surface area contributed by atoms with Crippen LogP contribution in [0.25, 0.3) is 0 Å². The van der Waals surface area contributed by atoms with Gasteiger partial charge in [0, 0.05) is 0 Å². The molecule has 2 aromatic heterocycles. The molecule has 0 bridgehead atoms. The Kier molecular flexibility index (Phi) is 3.69. The van der Waals surface area contributed by atoms with Crippen molar-refractivity contribution in [3.63, 3.8) is 0 Å². The zero-order valence-corrected chi connectivity index (χ0v) is 10.4. The highest BCUT2D eigenvalue weighted by atomic mass is 32.2. The lowest BCUT2D eigenvalue weighted by Crippen LogP contribution is -2.23. The molecule has 0 aromatic carbocycles. The molecule has 18 heavy (non-hydrogen) atoms. The monoisotopic (exact) mass is 272 g/mol. The first kappa shape index (κ1) is 12.7. The molecule has 0 saturated heterocycles. The molecule has 9 nitrogen and oxygen atoms in total. The van der Waals surface area contributed by atoms with Gasteiger partial charge in [0.2, 0.25) is 5.09 Å². The van der Waals surface area contributed by atoms with Crippen LogP contribution in [0.5, 0.6) is 0 Å². The Morgan fingerprint density at radius 3 is 2.89 bits per heavy atom. The van der Waals surface area contributed by atoms with Gasteiger partial charge >= 0.3 is 0 Å². The van der Waals surface area contributed by atoms with E-state index < -0.39 is 10.0 Å². The number of rotatable bonds is 6. The molecule has 0 aliphatic heterocycles. The molecule has 2 aromatic rings. The lowest BCUT2D eigenvalue weighted by molar-refractivity contribution is 0.404. The average Bonchev–Trinajstić information content (AvgIpc) is 2.98. The van der Waals surface area contributed by atoms with Crippen molar-refractivity contribution < 1.29 is 12.8 Å². The summed E-state index contributed by atoms with van der Waals surface area (Å²) in [5, 5.41) is 15.5. The minimum absolute atomic E-state index is 0.0547. The molecule has 2 heterocycles. The van der Waals surface area contributed by atoms with Crippen LogP contribution < -0.4 is 10.0 Å². The molecule has 98 valence electrons. The second kappa shape index (κ2) is 5.25. The number of H-pyrrole nitrogens is 1. The number of aromatic amines is 1. The Morgan fingerprint density at radius 1 is 1.39 bits per heavy atom. The topological polar surface area (TPSA) is 126 Å². The van der Waals surface area contributed by atoms with Gasteiger partial charge < -0.3 is 9.73 Å². The number of hydrogen-bond donors (Lipinski definition) is 3. The van der Waals surface area contributed by atoms with Gasteiger partial charge in [-0.05, 0) is 19.2 Å². The predicted molar refractivity (Wildman–Crippen MR) is 59.7 cm³/mol. The third kappa shape index (κ3) is 2.91. The van der Waals surface area contributed by atoms with Gasteiger partial charge in [-0.25, -0.2) is 13.1 Å². The van der Waals surface area contributed by atoms with E-state index in [9.17, 15) is 8.42 Å². The van der Waals surface area contributed by atoms with Gasteiger partial charge in [0.05, 0.1) is 13.1 Å². The number of nitrogens with zero attached hydrogens (tertiary/aromatic N) is 3. The van der Waals surface area contributed by atoms with Crippen LogP contribution in [0.2, 0.25) is 0 Å². The van der Waals surface area contributed by atoms with Crippen molar-refractivity contribution in [2.75, 3.05) is 7.05 Å². The van der Waals surface area contributed by atoms with Crippen molar-refractivity contribution in [1.29, 1.82) is 0 Å². The van der Waals surface area contributed by atoms with Crippen LogP contribution in [-0.2, 0) is 23.1 Å². The maximum atomic E-state index is 11.8. The molecular weight excluding hydrogens is 260 g/mol. The van der Waals surface area contributed by atoms with Crippen molar-refractivity contribution in [2.45, 2.75) is 18.2 Å². The first-order valence-electron chi connectivity index (χ1n) is 5.07. The summed E-state index contributed by atoms with van der Waals surface area (Å²) in [6.45, 7) is 0.404. The minimum atomic E-state index is -3.70. The second-order valence-corrected chi connectivity index (χ2v) is 5.10. The summed E-state index contributed by atoms with van der Waals surface area (Å²) in [7, 11) is -1.96. The molecule has 3 N–H and O–H groups in total. The molecule has 2 rings (SSSR count). The first-order chi connectivity index (χ1) is 8.62. The summed E-state index contributed by atoms with van der Waals surface area (Å²) in [4.78, 5) is 0. The van der Waals surface area contributed by atoms with Crippen LogP contribution in [0.1, 0.15) is 11.6 Å². The third-order valence-electron chi connectivity index (χ3n) is 2.06. The molecule has 10 heteroatoms. The molecule has 0 unspecified atom stereocenters. The van der Waals surface area contributed by atoms with E-state index in [0.717, 1.165) is 0 Å². The Morgan fingerprint density at radius 2 is 2.22 bits per heavy atom. The fourth-order valence-electron chi connectivity index (χ4n) is 1.26. The Bertz CT molecular complexity index is 590. The molecule has 0 amide bonds. The van der Waals surface area contributed by atoms with Crippen LogP contribution in [0.3, 0.4) is 0 Å². The number of aromatic nitrogens is 4. The van der Waals surface area contributed by atoms with Gasteiger partial charge in [-0.15, -0.1) is 10.2 Å². The van der Waals surface area contributed by atoms with Crippen molar-refractivity contribution in [2.24, 2.45) is 0 Å². The molecule has 0 radical (unpaired) electrons. The van der Waals surface area contributed by atoms with E-state index in [1.54, 1.807) is 13.1 Å². The summed E-state index contributed by atoms with van der Waals surface area (Å²) in [5.41, 5.74) is 0. The maximum Gasteiger partial charge on any atom is 0.274 e. The van der Waals surface area contributed by atoms with Crippen LogP contribution in [0.15, 0.2) is 21.6 Å². The van der Waals surface area contributed by atoms with E-state index in [2.05, 4.69) is 30.7 Å². The fourth-order valence-corrected chi connectivity index (χ4v) is 2.19. The Labute approximate surface area is 103 Å². The summed E-state index contributed by atoms with van der Waals surface area (Å²) in [5.74, 6) is 0.790. The van der Waals surface area contributed by atoms with Crippen LogP contribution in [0.4, 0.5) is 0 Å². The summed E-state index contributed by atoms with van der Waals surface area (Å²) < 4.78 is 31.2. The van der Waals surface area contributed by atoms with E-state index in [1.807, 2.05) is 0 Å². The number of tetrazole rings is 1. The first-order valence-corrected chi connectivity index (χ1v) is 6.55. The smallest absolute Gasteiger partial charge is 0.274 e. The molecule has 0 aliphatic carbocycles. The molecule has 0 fully saturated rings. The van der Waals surface area contributed by atoms with E-state index in [4.69, 9.17) is 4.42 Å². The largest absolute Gasteiger partial charge is 0.447 e. The van der Waals surface area contributed by atoms with Gasteiger partial charge in [0.1, 0.15) is 5.76 Å². The Balaban J connectivity index is 2.05. The number of sulfonamides is 1. The van der Waals surface area contributed by atoms with E-state index in [-0.39, 0.29) is 17.5 Å². The highest BCUT2D eigenvalue weighted by Gasteiger charge is 2.19. The molecule has 0 atom stereocenters. The average molecular weight is 272 g/mol. The molecule has 0 spiro atoms. The lowest BCUT2D eigenvalue weighted by Gasteiger charge is -2.01. The van der Waals surface area contributed by atoms with Gasteiger partial charge in [0.15, 0.2) is 5.82 Å². The van der Waals surface area contributed by atoms with E-state index in [1.165, 1.54) is 6.07 Å². The van der Waals surface area contributed by atoms with Gasteiger partial charge in [-0.1, -0.05) is 5.21 Å². The van der Waals surface area contributed by atoms with Crippen LogP contribution in [0, 0.1) is 0 Å². The molecular formula is C8H12N6O3S. The standard InChI is InChI=1S/C8H12N6O3S/c1-9-4-6-2-3-8(17-6)18(15,16)10-5-7-11-13-14-12-7/h2-3,9-10H,4-5H2,1H3,(H,11,12,13,14). The highest BCUT2D eigenvalue weighted by molar-refractivity contribution is 7.89. The normalized spacial score (nSPS) is 11.8. The summed E-state index contributed by atoms with van der Waals surface area (Å²) in [6, 6.07) is 2.99. The molecule has 0 saturated carbocycles. The van der Waals surface area contributed by atoms with E-state index >= 15 is 0 Å². The van der Waals surface area contributed by atoms with E-state index in [0.29, 0.717) is 12.3 Å². The second-order valence-electron chi connectivity index (χ2n) is 3.40. The molecule has 0 aliphatic rings. The zero-order valence-electron chi connectivity index (χ0n) is 9.54. The van der Waals surface area contributed by atoms with Gasteiger partial charge in [-0.2, -0.15) is 5.21 Å². The predicted octanol–water partition coefficient (Wildman–Crippen LogP) is -1.01.